The maximum Gasteiger partial charge on any atom is 0.122 e. The topological polar surface area (TPSA) is 41.9 Å². The molecule has 4 nitrogen and oxygen atoms in total. The molecule has 1 aliphatic heterocycles. The molecule has 3 rings (SSSR count). The number of nitrogens with zero attached hydrogens (tertiary/aromatic N) is 1. The summed E-state index contributed by atoms with van der Waals surface area (Å²) in [6.45, 7) is 5.89. The molecule has 1 aliphatic rings. The van der Waals surface area contributed by atoms with Gasteiger partial charge in [-0.3, -0.25) is 4.90 Å². The number of para-hydroxylation sites is 2. The summed E-state index contributed by atoms with van der Waals surface area (Å²) in [6, 6.07) is 15.6. The van der Waals surface area contributed by atoms with E-state index in [1.807, 2.05) is 36.4 Å². The van der Waals surface area contributed by atoms with Crippen LogP contribution in [0.2, 0.25) is 0 Å². The fourth-order valence-corrected chi connectivity index (χ4v) is 3.20. The van der Waals surface area contributed by atoms with Crippen LogP contribution in [0.1, 0.15) is 24.0 Å². The highest BCUT2D eigenvalue weighted by Gasteiger charge is 2.20. The van der Waals surface area contributed by atoms with Crippen molar-refractivity contribution in [1.29, 1.82) is 0 Å². The molecule has 0 spiro atoms. The van der Waals surface area contributed by atoms with E-state index in [0.29, 0.717) is 18.9 Å². The Kier molecular flexibility index (Phi) is 6.31. The van der Waals surface area contributed by atoms with E-state index < -0.39 is 0 Å². The van der Waals surface area contributed by atoms with E-state index in [2.05, 4.69) is 17.9 Å². The van der Waals surface area contributed by atoms with Crippen molar-refractivity contribution in [2.75, 3.05) is 26.3 Å². The average molecular weight is 341 g/mol. The van der Waals surface area contributed by atoms with Crippen molar-refractivity contribution in [2.45, 2.75) is 32.4 Å². The van der Waals surface area contributed by atoms with Gasteiger partial charge in [0.15, 0.2) is 0 Å². The zero-order valence-electron chi connectivity index (χ0n) is 14.9. The first-order valence-electron chi connectivity index (χ1n) is 9.01. The summed E-state index contributed by atoms with van der Waals surface area (Å²) >= 11 is 0. The summed E-state index contributed by atoms with van der Waals surface area (Å²) in [5.41, 5.74) is 2.09. The number of rotatable bonds is 8. The van der Waals surface area contributed by atoms with Gasteiger partial charge in [-0.25, -0.2) is 0 Å². The molecule has 0 aliphatic carbocycles. The molecular formula is C21H27NO3. The van der Waals surface area contributed by atoms with E-state index >= 15 is 0 Å². The van der Waals surface area contributed by atoms with Crippen molar-refractivity contribution < 1.29 is 14.6 Å². The zero-order chi connectivity index (χ0) is 17.5. The Labute approximate surface area is 150 Å². The molecule has 0 radical (unpaired) electrons. The Morgan fingerprint density at radius 2 is 1.96 bits per heavy atom. The van der Waals surface area contributed by atoms with Gasteiger partial charge in [0.1, 0.15) is 18.1 Å². The molecule has 1 atom stereocenters. The lowest BCUT2D eigenvalue weighted by Gasteiger charge is -2.25. The molecule has 2 aromatic rings. The van der Waals surface area contributed by atoms with E-state index in [9.17, 15) is 5.11 Å². The summed E-state index contributed by atoms with van der Waals surface area (Å²) in [4.78, 5) is 2.31. The average Bonchev–Trinajstić information content (AvgIpc) is 3.11. The highest BCUT2D eigenvalue weighted by molar-refractivity contribution is 5.32. The number of aryl methyl sites for hydroxylation is 1. The predicted octanol–water partition coefficient (Wildman–Crippen LogP) is 3.76. The molecule has 4 heteroatoms. The molecule has 0 saturated carbocycles. The van der Waals surface area contributed by atoms with Gasteiger partial charge in [-0.2, -0.15) is 0 Å². The van der Waals surface area contributed by atoms with Crippen LogP contribution in [0.3, 0.4) is 0 Å². The number of phenols is 1. The molecule has 134 valence electrons. The Balaban J connectivity index is 1.59. The molecule has 0 aromatic heterocycles. The van der Waals surface area contributed by atoms with Crippen LogP contribution in [0.25, 0.3) is 0 Å². The molecule has 2 aromatic carbocycles. The van der Waals surface area contributed by atoms with Crippen molar-refractivity contribution in [2.24, 2.45) is 0 Å². The lowest BCUT2D eigenvalue weighted by atomic mass is 10.1. The van der Waals surface area contributed by atoms with E-state index in [1.165, 1.54) is 0 Å². The Morgan fingerprint density at radius 3 is 2.72 bits per heavy atom. The maximum absolute atomic E-state index is 10.1. The van der Waals surface area contributed by atoms with Crippen LogP contribution in [-0.2, 0) is 11.3 Å². The van der Waals surface area contributed by atoms with Crippen LogP contribution in [-0.4, -0.2) is 42.4 Å². The summed E-state index contributed by atoms with van der Waals surface area (Å²) in [6.07, 6.45) is 2.52. The van der Waals surface area contributed by atoms with Gasteiger partial charge in [0.05, 0.1) is 6.10 Å². The normalized spacial score (nSPS) is 17.1. The van der Waals surface area contributed by atoms with Gasteiger partial charge in [0.2, 0.25) is 0 Å². The van der Waals surface area contributed by atoms with Gasteiger partial charge in [0.25, 0.3) is 0 Å². The highest BCUT2D eigenvalue weighted by atomic mass is 16.5. The molecular weight excluding hydrogens is 314 g/mol. The van der Waals surface area contributed by atoms with E-state index in [0.717, 1.165) is 49.4 Å². The van der Waals surface area contributed by atoms with Gasteiger partial charge < -0.3 is 14.6 Å². The lowest BCUT2D eigenvalue weighted by Crippen LogP contribution is -2.35. The van der Waals surface area contributed by atoms with Crippen LogP contribution in [0, 0.1) is 6.92 Å². The number of benzene rings is 2. The summed E-state index contributed by atoms with van der Waals surface area (Å²) in [5, 5.41) is 10.1. The standard InChI is InChI=1S/C21H27NO3/c1-17-7-2-5-11-21(17)25-14-12-22(16-19-9-6-13-24-19)15-18-8-3-4-10-20(18)23/h2-5,7-8,10-11,19,23H,6,9,12-16H2,1H3. The smallest absolute Gasteiger partial charge is 0.122 e. The van der Waals surface area contributed by atoms with Gasteiger partial charge in [0, 0.05) is 31.8 Å². The van der Waals surface area contributed by atoms with E-state index in [4.69, 9.17) is 9.47 Å². The Hall–Kier alpha value is -2.04. The first kappa shape index (κ1) is 17.8. The van der Waals surface area contributed by atoms with Gasteiger partial charge in [-0.15, -0.1) is 0 Å². The third kappa shape index (κ3) is 5.21. The van der Waals surface area contributed by atoms with Crippen molar-refractivity contribution in [3.05, 3.63) is 59.7 Å². The molecule has 1 heterocycles. The third-order valence-electron chi connectivity index (χ3n) is 4.63. The minimum Gasteiger partial charge on any atom is -0.508 e. The van der Waals surface area contributed by atoms with Crippen molar-refractivity contribution in [3.63, 3.8) is 0 Å². The van der Waals surface area contributed by atoms with Gasteiger partial charge >= 0.3 is 0 Å². The highest BCUT2D eigenvalue weighted by Crippen LogP contribution is 2.21. The molecule has 0 amide bonds. The van der Waals surface area contributed by atoms with E-state index in [-0.39, 0.29) is 6.10 Å². The maximum atomic E-state index is 10.1. The van der Waals surface area contributed by atoms with Crippen molar-refractivity contribution >= 4 is 0 Å². The number of phenolic OH excluding ortho intramolecular Hbond substituents is 1. The molecule has 25 heavy (non-hydrogen) atoms. The van der Waals surface area contributed by atoms with Gasteiger partial charge in [-0.05, 0) is 37.5 Å². The molecule has 0 bridgehead atoms. The summed E-state index contributed by atoms with van der Waals surface area (Å²) in [7, 11) is 0. The quantitative estimate of drug-likeness (QED) is 0.794. The number of aromatic hydroxyl groups is 1. The second-order valence-electron chi connectivity index (χ2n) is 6.61. The molecule has 1 unspecified atom stereocenters. The fourth-order valence-electron chi connectivity index (χ4n) is 3.20. The predicted molar refractivity (Wildman–Crippen MR) is 99.0 cm³/mol. The van der Waals surface area contributed by atoms with Crippen molar-refractivity contribution in [1.82, 2.24) is 4.90 Å². The first-order chi connectivity index (χ1) is 12.2. The Morgan fingerprint density at radius 1 is 1.16 bits per heavy atom. The molecule has 1 N–H and O–H groups in total. The SMILES string of the molecule is Cc1ccccc1OCCN(Cc1ccccc1O)CC1CCCO1. The minimum absolute atomic E-state index is 0.282. The van der Waals surface area contributed by atoms with Gasteiger partial charge in [-0.1, -0.05) is 36.4 Å². The van der Waals surface area contributed by atoms with Crippen LogP contribution < -0.4 is 4.74 Å². The van der Waals surface area contributed by atoms with Crippen LogP contribution in [0.4, 0.5) is 0 Å². The third-order valence-corrected chi connectivity index (χ3v) is 4.63. The zero-order valence-corrected chi connectivity index (χ0v) is 14.9. The van der Waals surface area contributed by atoms with Crippen LogP contribution in [0.15, 0.2) is 48.5 Å². The second-order valence-corrected chi connectivity index (χ2v) is 6.61. The number of ether oxygens (including phenoxy) is 2. The van der Waals surface area contributed by atoms with Crippen molar-refractivity contribution in [3.8, 4) is 11.5 Å². The van der Waals surface area contributed by atoms with Crippen LogP contribution in [0.5, 0.6) is 11.5 Å². The number of hydrogen-bond donors (Lipinski definition) is 1. The fraction of sp³-hybridized carbons (Fsp3) is 0.429. The first-order valence-corrected chi connectivity index (χ1v) is 9.01. The summed E-state index contributed by atoms with van der Waals surface area (Å²) < 4.78 is 11.7. The lowest BCUT2D eigenvalue weighted by molar-refractivity contribution is 0.0651. The minimum atomic E-state index is 0.282. The number of hydrogen-bond acceptors (Lipinski definition) is 4. The van der Waals surface area contributed by atoms with E-state index in [1.54, 1.807) is 6.07 Å². The second kappa shape index (κ2) is 8.88. The summed E-state index contributed by atoms with van der Waals surface area (Å²) in [5.74, 6) is 1.28. The van der Waals surface area contributed by atoms with Crippen LogP contribution >= 0.6 is 0 Å². The Bertz CT molecular complexity index is 668. The molecule has 1 saturated heterocycles. The monoisotopic (exact) mass is 341 g/mol. The molecule has 1 fully saturated rings. The largest absolute Gasteiger partial charge is 0.508 e.